The summed E-state index contributed by atoms with van der Waals surface area (Å²) in [6, 6.07) is 5.65. The SMILES string of the molecule is CNS(=O)(=O)NC1CCN(Cc2cc(OC)ccc2OCOC)CC1. The predicted octanol–water partition coefficient (Wildman–Crippen LogP) is 0.696. The van der Waals surface area contributed by atoms with Crippen LogP contribution in [0.3, 0.4) is 0 Å². The van der Waals surface area contributed by atoms with E-state index in [1.54, 1.807) is 14.2 Å². The van der Waals surface area contributed by atoms with Gasteiger partial charge in [-0.05, 0) is 31.0 Å². The molecule has 1 aliphatic rings. The Morgan fingerprint density at radius 3 is 2.56 bits per heavy atom. The monoisotopic (exact) mass is 373 g/mol. The Bertz CT molecular complexity index is 645. The predicted molar refractivity (Wildman–Crippen MR) is 94.9 cm³/mol. The Morgan fingerprint density at radius 1 is 1.24 bits per heavy atom. The van der Waals surface area contributed by atoms with Crippen LogP contribution in [0.15, 0.2) is 18.2 Å². The molecule has 25 heavy (non-hydrogen) atoms. The summed E-state index contributed by atoms with van der Waals surface area (Å²) in [4.78, 5) is 2.28. The third kappa shape index (κ3) is 6.12. The highest BCUT2D eigenvalue weighted by atomic mass is 32.2. The van der Waals surface area contributed by atoms with E-state index in [0.29, 0.717) is 6.54 Å². The molecule has 9 heteroatoms. The standard InChI is InChI=1S/C16H27N3O5S/c1-17-25(20,21)18-14-6-8-19(9-7-14)11-13-10-15(23-3)4-5-16(13)24-12-22-2/h4-5,10,14,17-18H,6-9,11-12H2,1-3H3. The normalized spacial score (nSPS) is 16.8. The molecule has 1 aromatic carbocycles. The van der Waals surface area contributed by atoms with Crippen molar-refractivity contribution in [3.05, 3.63) is 23.8 Å². The summed E-state index contributed by atoms with van der Waals surface area (Å²) >= 11 is 0. The third-order valence-corrected chi connectivity index (χ3v) is 5.35. The molecule has 1 aliphatic heterocycles. The third-order valence-electron chi connectivity index (χ3n) is 4.17. The van der Waals surface area contributed by atoms with Gasteiger partial charge in [-0.3, -0.25) is 4.90 Å². The molecule has 1 heterocycles. The lowest BCUT2D eigenvalue weighted by Crippen LogP contribution is -2.47. The molecule has 1 aromatic rings. The Labute approximate surface area is 149 Å². The average Bonchev–Trinajstić information content (AvgIpc) is 2.62. The Kier molecular flexibility index (Phi) is 7.45. The van der Waals surface area contributed by atoms with E-state index in [9.17, 15) is 8.42 Å². The summed E-state index contributed by atoms with van der Waals surface area (Å²) in [5.41, 5.74) is 1.02. The molecule has 0 amide bonds. The van der Waals surface area contributed by atoms with E-state index >= 15 is 0 Å². The number of hydrogen-bond donors (Lipinski definition) is 2. The smallest absolute Gasteiger partial charge is 0.276 e. The van der Waals surface area contributed by atoms with E-state index in [-0.39, 0.29) is 12.8 Å². The van der Waals surface area contributed by atoms with Gasteiger partial charge in [-0.25, -0.2) is 4.72 Å². The minimum absolute atomic E-state index is 0.0387. The molecule has 8 nitrogen and oxygen atoms in total. The van der Waals surface area contributed by atoms with Gasteiger partial charge in [-0.1, -0.05) is 0 Å². The maximum absolute atomic E-state index is 11.6. The van der Waals surface area contributed by atoms with Crippen LogP contribution in [0.2, 0.25) is 0 Å². The molecule has 0 bridgehead atoms. The van der Waals surface area contributed by atoms with Crippen molar-refractivity contribution in [2.24, 2.45) is 0 Å². The van der Waals surface area contributed by atoms with Gasteiger partial charge in [0.1, 0.15) is 11.5 Å². The molecular weight excluding hydrogens is 346 g/mol. The molecule has 0 aliphatic carbocycles. The molecule has 0 unspecified atom stereocenters. The number of nitrogens with zero attached hydrogens (tertiary/aromatic N) is 1. The van der Waals surface area contributed by atoms with Crippen molar-refractivity contribution in [1.82, 2.24) is 14.3 Å². The van der Waals surface area contributed by atoms with Gasteiger partial charge in [0.25, 0.3) is 10.2 Å². The van der Waals surface area contributed by atoms with E-state index < -0.39 is 10.2 Å². The first-order valence-electron chi connectivity index (χ1n) is 8.19. The minimum atomic E-state index is -3.39. The fourth-order valence-corrected chi connectivity index (χ4v) is 3.59. The molecule has 0 spiro atoms. The van der Waals surface area contributed by atoms with Crippen LogP contribution in [-0.4, -0.2) is 60.5 Å². The van der Waals surface area contributed by atoms with Gasteiger partial charge in [0.2, 0.25) is 0 Å². The van der Waals surface area contributed by atoms with Crippen LogP contribution in [-0.2, 0) is 21.5 Å². The molecule has 0 saturated carbocycles. The van der Waals surface area contributed by atoms with E-state index in [0.717, 1.165) is 43.0 Å². The number of piperidine rings is 1. The van der Waals surface area contributed by atoms with Crippen LogP contribution < -0.4 is 18.9 Å². The molecule has 1 fully saturated rings. The Hall–Kier alpha value is -1.39. The fraction of sp³-hybridized carbons (Fsp3) is 0.625. The van der Waals surface area contributed by atoms with Crippen molar-refractivity contribution >= 4 is 10.2 Å². The topological polar surface area (TPSA) is 89.1 Å². The van der Waals surface area contributed by atoms with Crippen LogP contribution in [0.25, 0.3) is 0 Å². The number of hydrogen-bond acceptors (Lipinski definition) is 6. The summed E-state index contributed by atoms with van der Waals surface area (Å²) in [5, 5.41) is 0. The minimum Gasteiger partial charge on any atom is -0.497 e. The number of nitrogens with one attached hydrogen (secondary N) is 2. The number of benzene rings is 1. The van der Waals surface area contributed by atoms with Crippen molar-refractivity contribution in [1.29, 1.82) is 0 Å². The maximum Gasteiger partial charge on any atom is 0.276 e. The van der Waals surface area contributed by atoms with Gasteiger partial charge in [-0.15, -0.1) is 0 Å². The number of rotatable bonds is 9. The van der Waals surface area contributed by atoms with Crippen LogP contribution >= 0.6 is 0 Å². The van der Waals surface area contributed by atoms with Crippen LogP contribution in [0, 0.1) is 0 Å². The van der Waals surface area contributed by atoms with Crippen molar-refractivity contribution < 1.29 is 22.6 Å². The van der Waals surface area contributed by atoms with Gasteiger partial charge in [-0.2, -0.15) is 13.1 Å². The van der Waals surface area contributed by atoms with Crippen molar-refractivity contribution in [2.45, 2.75) is 25.4 Å². The molecule has 1 saturated heterocycles. The van der Waals surface area contributed by atoms with E-state index in [2.05, 4.69) is 14.3 Å². The zero-order chi connectivity index (χ0) is 18.3. The number of ether oxygens (including phenoxy) is 3. The average molecular weight is 373 g/mol. The van der Waals surface area contributed by atoms with Gasteiger partial charge < -0.3 is 14.2 Å². The zero-order valence-electron chi connectivity index (χ0n) is 14.9. The van der Waals surface area contributed by atoms with Gasteiger partial charge in [0.05, 0.1) is 7.11 Å². The van der Waals surface area contributed by atoms with E-state index in [4.69, 9.17) is 14.2 Å². The first kappa shape index (κ1) is 19.9. The lowest BCUT2D eigenvalue weighted by Gasteiger charge is -2.32. The summed E-state index contributed by atoms with van der Waals surface area (Å²) in [5.74, 6) is 1.54. The van der Waals surface area contributed by atoms with Crippen LogP contribution in [0.5, 0.6) is 11.5 Å². The number of methoxy groups -OCH3 is 2. The summed E-state index contributed by atoms with van der Waals surface area (Å²) < 4.78 is 44.0. The highest BCUT2D eigenvalue weighted by Gasteiger charge is 2.23. The second-order valence-electron chi connectivity index (χ2n) is 5.90. The molecule has 0 radical (unpaired) electrons. The fourth-order valence-electron chi connectivity index (χ4n) is 2.80. The summed E-state index contributed by atoms with van der Waals surface area (Å²) in [7, 11) is 1.23. The lowest BCUT2D eigenvalue weighted by molar-refractivity contribution is 0.0496. The summed E-state index contributed by atoms with van der Waals surface area (Å²) in [6.45, 7) is 2.50. The van der Waals surface area contributed by atoms with Gasteiger partial charge >= 0.3 is 0 Å². The second kappa shape index (κ2) is 9.35. The highest BCUT2D eigenvalue weighted by Crippen LogP contribution is 2.26. The highest BCUT2D eigenvalue weighted by molar-refractivity contribution is 7.87. The summed E-state index contributed by atoms with van der Waals surface area (Å²) in [6.07, 6.45) is 1.53. The van der Waals surface area contributed by atoms with Crippen LogP contribution in [0.4, 0.5) is 0 Å². The molecule has 2 N–H and O–H groups in total. The first-order valence-corrected chi connectivity index (χ1v) is 9.67. The van der Waals surface area contributed by atoms with Gasteiger partial charge in [0.15, 0.2) is 6.79 Å². The van der Waals surface area contributed by atoms with Crippen molar-refractivity contribution in [3.8, 4) is 11.5 Å². The second-order valence-corrected chi connectivity index (χ2v) is 7.55. The molecule has 0 aromatic heterocycles. The van der Waals surface area contributed by atoms with Crippen molar-refractivity contribution in [2.75, 3.05) is 41.1 Å². The van der Waals surface area contributed by atoms with Crippen LogP contribution in [0.1, 0.15) is 18.4 Å². The Balaban J connectivity index is 1.96. The molecule has 142 valence electrons. The molecular formula is C16H27N3O5S. The van der Waals surface area contributed by atoms with E-state index in [1.807, 2.05) is 18.2 Å². The zero-order valence-corrected chi connectivity index (χ0v) is 15.8. The quantitative estimate of drug-likeness (QED) is 0.620. The molecule has 2 rings (SSSR count). The maximum atomic E-state index is 11.6. The lowest BCUT2D eigenvalue weighted by atomic mass is 10.0. The Morgan fingerprint density at radius 2 is 1.96 bits per heavy atom. The molecule has 0 atom stereocenters. The van der Waals surface area contributed by atoms with Gasteiger partial charge in [0, 0.05) is 45.4 Å². The number of likely N-dealkylation sites (tertiary alicyclic amines) is 1. The first-order chi connectivity index (χ1) is 12.0. The van der Waals surface area contributed by atoms with E-state index in [1.165, 1.54) is 7.05 Å². The largest absolute Gasteiger partial charge is 0.497 e. The van der Waals surface area contributed by atoms with Crippen molar-refractivity contribution in [3.63, 3.8) is 0 Å².